The zero-order chi connectivity index (χ0) is 17.3. The maximum atomic E-state index is 13.0. The number of urea groups is 1. The first-order valence-corrected chi connectivity index (χ1v) is 8.36. The highest BCUT2D eigenvalue weighted by atomic mass is 35.5. The summed E-state index contributed by atoms with van der Waals surface area (Å²) in [5.74, 6) is -0.257. The highest BCUT2D eigenvalue weighted by molar-refractivity contribution is 6.30. The van der Waals surface area contributed by atoms with E-state index in [2.05, 4.69) is 5.32 Å². The van der Waals surface area contributed by atoms with Gasteiger partial charge >= 0.3 is 6.03 Å². The second-order valence-electron chi connectivity index (χ2n) is 5.71. The summed E-state index contributed by atoms with van der Waals surface area (Å²) in [6.07, 6.45) is 0.455. The van der Waals surface area contributed by atoms with E-state index in [1.54, 1.807) is 48.5 Å². The lowest BCUT2D eigenvalue weighted by Gasteiger charge is -2.26. The first-order valence-electron chi connectivity index (χ1n) is 7.61. The normalized spacial score (nSPS) is 20.4. The highest BCUT2D eigenvalue weighted by Crippen LogP contribution is 2.33. The quantitative estimate of drug-likeness (QED) is 0.821. The zero-order valence-corrected chi connectivity index (χ0v) is 14.6. The van der Waals surface area contributed by atoms with Crippen LogP contribution in [0, 0.1) is 0 Å². The van der Waals surface area contributed by atoms with Crippen molar-refractivity contribution in [3.05, 3.63) is 69.7 Å². The molecule has 124 valence electrons. The van der Waals surface area contributed by atoms with Crippen LogP contribution in [-0.4, -0.2) is 16.8 Å². The molecule has 1 N–H and O–H groups in total. The van der Waals surface area contributed by atoms with Crippen molar-refractivity contribution in [3.63, 3.8) is 0 Å². The van der Waals surface area contributed by atoms with Gasteiger partial charge in [0.2, 0.25) is 0 Å². The Hall–Kier alpha value is -2.04. The highest BCUT2D eigenvalue weighted by Gasteiger charge is 2.51. The minimum absolute atomic E-state index is 0.206. The molecule has 2 aromatic rings. The molecule has 2 aromatic carbocycles. The molecule has 1 heterocycles. The van der Waals surface area contributed by atoms with Crippen LogP contribution in [0.2, 0.25) is 10.0 Å². The van der Waals surface area contributed by atoms with Crippen LogP contribution in [0.1, 0.15) is 24.5 Å². The molecule has 1 aliphatic rings. The largest absolute Gasteiger partial charge is 0.325 e. The van der Waals surface area contributed by atoms with E-state index in [0.717, 1.165) is 11.1 Å². The molecule has 3 amide bonds. The van der Waals surface area contributed by atoms with Crippen molar-refractivity contribution in [1.29, 1.82) is 0 Å². The molecule has 1 atom stereocenters. The van der Waals surface area contributed by atoms with Crippen LogP contribution in [-0.2, 0) is 16.9 Å². The summed E-state index contributed by atoms with van der Waals surface area (Å²) in [5.41, 5.74) is 0.519. The third-order valence-electron chi connectivity index (χ3n) is 4.30. The van der Waals surface area contributed by atoms with Crippen molar-refractivity contribution in [2.24, 2.45) is 0 Å². The third-order valence-corrected chi connectivity index (χ3v) is 4.80. The lowest BCUT2D eigenvalue weighted by Crippen LogP contribution is -2.43. The topological polar surface area (TPSA) is 49.4 Å². The number of hydrogen-bond acceptors (Lipinski definition) is 2. The van der Waals surface area contributed by atoms with Gasteiger partial charge in [0, 0.05) is 10.0 Å². The average Bonchev–Trinajstić information content (AvgIpc) is 2.82. The molecule has 1 fully saturated rings. The van der Waals surface area contributed by atoms with Gasteiger partial charge < -0.3 is 5.32 Å². The van der Waals surface area contributed by atoms with Crippen molar-refractivity contribution in [1.82, 2.24) is 10.2 Å². The summed E-state index contributed by atoms with van der Waals surface area (Å²) in [5, 5.41) is 4.05. The van der Waals surface area contributed by atoms with E-state index in [9.17, 15) is 9.59 Å². The molecular weight excluding hydrogens is 347 g/mol. The van der Waals surface area contributed by atoms with E-state index in [1.807, 2.05) is 6.92 Å². The van der Waals surface area contributed by atoms with E-state index in [-0.39, 0.29) is 12.5 Å². The van der Waals surface area contributed by atoms with Gasteiger partial charge in [0.15, 0.2) is 0 Å². The van der Waals surface area contributed by atoms with Gasteiger partial charge in [-0.15, -0.1) is 0 Å². The first-order chi connectivity index (χ1) is 11.5. The van der Waals surface area contributed by atoms with Crippen molar-refractivity contribution in [2.75, 3.05) is 0 Å². The van der Waals surface area contributed by atoms with Crippen molar-refractivity contribution >= 4 is 35.1 Å². The Balaban J connectivity index is 1.91. The smallest absolute Gasteiger partial charge is 0.319 e. The second kappa shape index (κ2) is 6.46. The van der Waals surface area contributed by atoms with E-state index >= 15 is 0 Å². The Labute approximate surface area is 150 Å². The summed E-state index contributed by atoms with van der Waals surface area (Å²) < 4.78 is 0. The molecule has 1 unspecified atom stereocenters. The third kappa shape index (κ3) is 2.87. The van der Waals surface area contributed by atoms with Crippen LogP contribution in [0.4, 0.5) is 4.79 Å². The summed E-state index contributed by atoms with van der Waals surface area (Å²) in [6.45, 7) is 2.08. The number of benzene rings is 2. The van der Waals surface area contributed by atoms with E-state index in [0.29, 0.717) is 16.5 Å². The van der Waals surface area contributed by atoms with Gasteiger partial charge in [0.25, 0.3) is 5.91 Å². The molecule has 24 heavy (non-hydrogen) atoms. The number of imide groups is 1. The molecular formula is C18H16Cl2N2O2. The van der Waals surface area contributed by atoms with Gasteiger partial charge in [-0.2, -0.15) is 0 Å². The molecule has 1 aliphatic heterocycles. The van der Waals surface area contributed by atoms with Crippen LogP contribution in [0.3, 0.4) is 0 Å². The van der Waals surface area contributed by atoms with Crippen molar-refractivity contribution in [2.45, 2.75) is 25.4 Å². The minimum Gasteiger partial charge on any atom is -0.319 e. The van der Waals surface area contributed by atoms with Crippen LogP contribution < -0.4 is 5.32 Å². The summed E-state index contributed by atoms with van der Waals surface area (Å²) in [7, 11) is 0. The standard InChI is InChI=1S/C18H16Cl2N2O2/c1-2-18(13-5-9-15(20)10-6-13)16(23)22(17(24)21-18)11-12-3-7-14(19)8-4-12/h3-10H,2,11H2,1H3,(H,21,24). The molecule has 6 heteroatoms. The fraction of sp³-hybridized carbons (Fsp3) is 0.222. The molecule has 0 radical (unpaired) electrons. The number of nitrogens with zero attached hydrogens (tertiary/aromatic N) is 1. The van der Waals surface area contributed by atoms with Crippen LogP contribution in [0.15, 0.2) is 48.5 Å². The van der Waals surface area contributed by atoms with Crippen LogP contribution in [0.25, 0.3) is 0 Å². The molecule has 0 aliphatic carbocycles. The SMILES string of the molecule is CCC1(c2ccc(Cl)cc2)NC(=O)N(Cc2ccc(Cl)cc2)C1=O. The molecule has 0 aromatic heterocycles. The van der Waals surface area contributed by atoms with Crippen molar-refractivity contribution < 1.29 is 9.59 Å². The number of amides is 3. The Bertz CT molecular complexity index is 775. The zero-order valence-electron chi connectivity index (χ0n) is 13.1. The lowest BCUT2D eigenvalue weighted by molar-refractivity contribution is -0.132. The molecule has 0 spiro atoms. The van der Waals surface area contributed by atoms with Gasteiger partial charge in [-0.1, -0.05) is 54.4 Å². The number of carbonyl (C=O) groups excluding carboxylic acids is 2. The number of halogens is 2. The van der Waals surface area contributed by atoms with Crippen molar-refractivity contribution in [3.8, 4) is 0 Å². The Kier molecular flexibility index (Phi) is 4.52. The van der Waals surface area contributed by atoms with Gasteiger partial charge in [0.05, 0.1) is 6.54 Å². The number of hydrogen-bond donors (Lipinski definition) is 1. The first kappa shape index (κ1) is 16.8. The molecule has 3 rings (SSSR count). The minimum atomic E-state index is -1.05. The van der Waals surface area contributed by atoms with E-state index in [1.165, 1.54) is 4.90 Å². The summed E-state index contributed by atoms with van der Waals surface area (Å²) in [6, 6.07) is 13.7. The lowest BCUT2D eigenvalue weighted by atomic mass is 9.87. The second-order valence-corrected chi connectivity index (χ2v) is 6.59. The fourth-order valence-corrected chi connectivity index (χ4v) is 3.17. The number of nitrogens with one attached hydrogen (secondary N) is 1. The molecule has 1 saturated heterocycles. The monoisotopic (exact) mass is 362 g/mol. The Morgan fingerprint density at radius 2 is 1.50 bits per heavy atom. The van der Waals surface area contributed by atoms with E-state index in [4.69, 9.17) is 23.2 Å². The molecule has 0 bridgehead atoms. The van der Waals surface area contributed by atoms with Gasteiger partial charge in [-0.05, 0) is 41.8 Å². The summed E-state index contributed by atoms with van der Waals surface area (Å²) >= 11 is 11.8. The predicted octanol–water partition coefficient (Wildman–Crippen LogP) is 4.35. The number of rotatable bonds is 4. The van der Waals surface area contributed by atoms with Crippen LogP contribution >= 0.6 is 23.2 Å². The van der Waals surface area contributed by atoms with Gasteiger partial charge in [-0.3, -0.25) is 9.69 Å². The molecule has 4 nitrogen and oxygen atoms in total. The Morgan fingerprint density at radius 3 is 2.04 bits per heavy atom. The fourth-order valence-electron chi connectivity index (χ4n) is 2.92. The maximum Gasteiger partial charge on any atom is 0.325 e. The van der Waals surface area contributed by atoms with Crippen LogP contribution in [0.5, 0.6) is 0 Å². The average molecular weight is 363 g/mol. The van der Waals surface area contributed by atoms with Gasteiger partial charge in [0.1, 0.15) is 5.54 Å². The van der Waals surface area contributed by atoms with Gasteiger partial charge in [-0.25, -0.2) is 4.79 Å². The maximum absolute atomic E-state index is 13.0. The molecule has 0 saturated carbocycles. The predicted molar refractivity (Wildman–Crippen MR) is 94.0 cm³/mol. The Morgan fingerprint density at radius 1 is 0.958 bits per heavy atom. The number of carbonyl (C=O) groups is 2. The summed E-state index contributed by atoms with van der Waals surface area (Å²) in [4.78, 5) is 26.7. The van der Waals surface area contributed by atoms with E-state index < -0.39 is 11.6 Å².